The van der Waals surface area contributed by atoms with E-state index in [-0.39, 0.29) is 0 Å². The van der Waals surface area contributed by atoms with Crippen molar-refractivity contribution in [3.8, 4) is 0 Å². The van der Waals surface area contributed by atoms with Gasteiger partial charge in [0.05, 0.1) is 12.7 Å². The van der Waals surface area contributed by atoms with E-state index in [0.717, 1.165) is 47.0 Å². The molecule has 5 heteroatoms. The fourth-order valence-corrected chi connectivity index (χ4v) is 3.34. The van der Waals surface area contributed by atoms with E-state index in [2.05, 4.69) is 33.8 Å². The van der Waals surface area contributed by atoms with Gasteiger partial charge in [-0.1, -0.05) is 22.9 Å². The lowest BCUT2D eigenvalue weighted by molar-refractivity contribution is -0.0137. The van der Waals surface area contributed by atoms with Crippen LogP contribution in [0.2, 0.25) is 0 Å². The summed E-state index contributed by atoms with van der Waals surface area (Å²) >= 11 is 5.20. The summed E-state index contributed by atoms with van der Waals surface area (Å²) in [5.74, 6) is 0.961. The largest absolute Gasteiger partial charge is 0.398 e. The zero-order valence-electron chi connectivity index (χ0n) is 10.6. The van der Waals surface area contributed by atoms with Crippen molar-refractivity contribution in [2.75, 3.05) is 37.7 Å². The van der Waals surface area contributed by atoms with E-state index in [0.29, 0.717) is 6.10 Å². The van der Waals surface area contributed by atoms with E-state index in [4.69, 9.17) is 10.5 Å². The number of nitrogens with zero attached hydrogens (tertiary/aromatic N) is 1. The lowest BCUT2D eigenvalue weighted by Crippen LogP contribution is -2.43. The van der Waals surface area contributed by atoms with Crippen LogP contribution in [-0.4, -0.2) is 43.0 Å². The van der Waals surface area contributed by atoms with Crippen LogP contribution in [0, 0.1) is 0 Å². The van der Waals surface area contributed by atoms with Gasteiger partial charge in [0, 0.05) is 33.9 Å². The van der Waals surface area contributed by atoms with Gasteiger partial charge in [-0.25, -0.2) is 0 Å². The van der Waals surface area contributed by atoms with Crippen molar-refractivity contribution >= 4 is 33.4 Å². The Morgan fingerprint density at radius 1 is 1.56 bits per heavy atom. The van der Waals surface area contributed by atoms with Crippen LogP contribution in [-0.2, 0) is 4.74 Å². The first kappa shape index (κ1) is 14.2. The zero-order valence-corrected chi connectivity index (χ0v) is 13.0. The van der Waals surface area contributed by atoms with E-state index >= 15 is 0 Å². The predicted molar refractivity (Wildman–Crippen MR) is 81.1 cm³/mol. The third-order valence-electron chi connectivity index (χ3n) is 3.07. The number of hydrogen-bond donors (Lipinski definition) is 1. The first-order chi connectivity index (χ1) is 8.69. The van der Waals surface area contributed by atoms with Gasteiger partial charge in [0.2, 0.25) is 0 Å². The molecule has 1 aromatic carbocycles. The maximum absolute atomic E-state index is 5.99. The molecule has 0 bridgehead atoms. The smallest absolute Gasteiger partial charge is 0.0796 e. The number of hydrogen-bond acceptors (Lipinski definition) is 4. The number of anilines is 1. The summed E-state index contributed by atoms with van der Waals surface area (Å²) in [5, 5.41) is 0. The number of nitrogen functional groups attached to an aromatic ring is 1. The Labute approximate surface area is 121 Å². The van der Waals surface area contributed by atoms with Crippen molar-refractivity contribution in [2.45, 2.75) is 17.9 Å². The fourth-order valence-electron chi connectivity index (χ4n) is 2.00. The van der Waals surface area contributed by atoms with Crippen LogP contribution < -0.4 is 5.73 Å². The van der Waals surface area contributed by atoms with E-state index < -0.39 is 0 Å². The van der Waals surface area contributed by atoms with Crippen molar-refractivity contribution < 1.29 is 4.74 Å². The first-order valence-electron chi connectivity index (χ1n) is 6.21. The molecular weight excluding hydrogens is 312 g/mol. The molecule has 1 unspecified atom stereocenters. The molecule has 1 fully saturated rings. The topological polar surface area (TPSA) is 38.5 Å². The van der Waals surface area contributed by atoms with Crippen LogP contribution in [0.3, 0.4) is 0 Å². The van der Waals surface area contributed by atoms with Crippen LogP contribution in [0.1, 0.15) is 6.92 Å². The quantitative estimate of drug-likeness (QED) is 0.680. The van der Waals surface area contributed by atoms with Gasteiger partial charge in [-0.05, 0) is 24.7 Å². The van der Waals surface area contributed by atoms with E-state index in [1.807, 2.05) is 12.1 Å². The Balaban J connectivity index is 1.87. The lowest BCUT2D eigenvalue weighted by atomic mass is 10.3. The standard InChI is InChI=1S/C13H19BrN2OS/c1-2-16-5-6-17-11(8-16)9-18-13-4-3-10(14)7-12(13)15/h3-4,7,11H,2,5-6,8-9,15H2,1H3. The number of halogens is 1. The van der Waals surface area contributed by atoms with Gasteiger partial charge >= 0.3 is 0 Å². The number of ether oxygens (including phenoxy) is 1. The second-order valence-corrected chi connectivity index (χ2v) is 6.36. The maximum Gasteiger partial charge on any atom is 0.0796 e. The zero-order chi connectivity index (χ0) is 13.0. The molecule has 3 nitrogen and oxygen atoms in total. The van der Waals surface area contributed by atoms with E-state index in [1.54, 1.807) is 11.8 Å². The van der Waals surface area contributed by atoms with E-state index in [9.17, 15) is 0 Å². The van der Waals surface area contributed by atoms with Crippen molar-refractivity contribution in [3.05, 3.63) is 22.7 Å². The van der Waals surface area contributed by atoms with E-state index in [1.165, 1.54) is 0 Å². The molecule has 0 aromatic heterocycles. The second kappa shape index (κ2) is 6.80. The SMILES string of the molecule is CCN1CCOC(CSc2ccc(Br)cc2N)C1. The highest BCUT2D eigenvalue weighted by Crippen LogP contribution is 2.29. The highest BCUT2D eigenvalue weighted by molar-refractivity contribution is 9.10. The Morgan fingerprint density at radius 2 is 2.39 bits per heavy atom. The Bertz CT molecular complexity index is 403. The number of likely N-dealkylation sites (N-methyl/N-ethyl adjacent to an activating group) is 1. The summed E-state index contributed by atoms with van der Waals surface area (Å²) in [6.45, 7) is 6.22. The highest BCUT2D eigenvalue weighted by atomic mass is 79.9. The third-order valence-corrected chi connectivity index (χ3v) is 4.78. The fraction of sp³-hybridized carbons (Fsp3) is 0.538. The van der Waals surface area contributed by atoms with Gasteiger partial charge in [-0.3, -0.25) is 4.90 Å². The summed E-state index contributed by atoms with van der Waals surface area (Å²) in [6, 6.07) is 6.03. The van der Waals surface area contributed by atoms with Crippen LogP contribution in [0.25, 0.3) is 0 Å². The number of thioether (sulfide) groups is 1. The Hall–Kier alpha value is -0.230. The first-order valence-corrected chi connectivity index (χ1v) is 7.98. The lowest BCUT2D eigenvalue weighted by Gasteiger charge is -2.31. The van der Waals surface area contributed by atoms with Crippen LogP contribution in [0.4, 0.5) is 5.69 Å². The normalized spacial score (nSPS) is 21.1. The summed E-state index contributed by atoms with van der Waals surface area (Å²) < 4.78 is 6.81. The Morgan fingerprint density at radius 3 is 3.11 bits per heavy atom. The minimum Gasteiger partial charge on any atom is -0.398 e. The van der Waals surface area contributed by atoms with Crippen molar-refractivity contribution in [2.24, 2.45) is 0 Å². The molecule has 2 rings (SSSR count). The Kier molecular flexibility index (Phi) is 5.36. The predicted octanol–water partition coefficient (Wildman–Crippen LogP) is 2.84. The molecule has 0 amide bonds. The number of morpholine rings is 1. The van der Waals surface area contributed by atoms with Gasteiger partial charge < -0.3 is 10.5 Å². The molecule has 1 aliphatic heterocycles. The van der Waals surface area contributed by atoms with Crippen LogP contribution in [0.15, 0.2) is 27.6 Å². The molecule has 18 heavy (non-hydrogen) atoms. The van der Waals surface area contributed by atoms with Gasteiger partial charge in [0.1, 0.15) is 0 Å². The maximum atomic E-state index is 5.99. The van der Waals surface area contributed by atoms with Gasteiger partial charge in [-0.2, -0.15) is 0 Å². The monoisotopic (exact) mass is 330 g/mol. The van der Waals surface area contributed by atoms with Gasteiger partial charge in [-0.15, -0.1) is 11.8 Å². The molecule has 1 atom stereocenters. The molecule has 2 N–H and O–H groups in total. The molecule has 0 spiro atoms. The van der Waals surface area contributed by atoms with Crippen molar-refractivity contribution in [3.63, 3.8) is 0 Å². The number of benzene rings is 1. The minimum atomic E-state index is 0.312. The average molecular weight is 331 g/mol. The molecule has 1 heterocycles. The van der Waals surface area contributed by atoms with Crippen LogP contribution >= 0.6 is 27.7 Å². The third kappa shape index (κ3) is 3.88. The molecule has 0 radical (unpaired) electrons. The minimum absolute atomic E-state index is 0.312. The van der Waals surface area contributed by atoms with Gasteiger partial charge in [0.25, 0.3) is 0 Å². The number of rotatable bonds is 4. The molecular formula is C13H19BrN2OS. The summed E-state index contributed by atoms with van der Waals surface area (Å²) in [4.78, 5) is 3.56. The molecule has 1 saturated heterocycles. The molecule has 1 aliphatic rings. The van der Waals surface area contributed by atoms with Gasteiger partial charge in [0.15, 0.2) is 0 Å². The number of nitrogens with two attached hydrogens (primary N) is 1. The molecule has 0 saturated carbocycles. The molecule has 100 valence electrons. The molecule has 1 aromatic rings. The van der Waals surface area contributed by atoms with Crippen LogP contribution in [0.5, 0.6) is 0 Å². The van der Waals surface area contributed by atoms with Crippen molar-refractivity contribution in [1.29, 1.82) is 0 Å². The molecule has 0 aliphatic carbocycles. The summed E-state index contributed by atoms with van der Waals surface area (Å²) in [5.41, 5.74) is 6.82. The second-order valence-electron chi connectivity index (χ2n) is 4.38. The summed E-state index contributed by atoms with van der Waals surface area (Å²) in [6.07, 6.45) is 0.312. The summed E-state index contributed by atoms with van der Waals surface area (Å²) in [7, 11) is 0. The average Bonchev–Trinajstić information content (AvgIpc) is 2.38. The van der Waals surface area contributed by atoms with Crippen molar-refractivity contribution in [1.82, 2.24) is 4.90 Å². The highest BCUT2D eigenvalue weighted by Gasteiger charge is 2.19.